The fourth-order valence-corrected chi connectivity index (χ4v) is 6.77. The molecule has 2 fully saturated rings. The molecule has 34 heavy (non-hydrogen) atoms. The molecule has 0 atom stereocenters. The van der Waals surface area contributed by atoms with Crippen LogP contribution < -0.4 is 0 Å². The second-order valence-electron chi connectivity index (χ2n) is 11.0. The van der Waals surface area contributed by atoms with Crippen LogP contribution in [0.1, 0.15) is 108 Å². The molecule has 0 bridgehead atoms. The molecule has 0 nitrogen and oxygen atoms in total. The van der Waals surface area contributed by atoms with Crippen LogP contribution in [0.4, 0.5) is 17.6 Å². The van der Waals surface area contributed by atoms with E-state index in [2.05, 4.69) is 6.92 Å². The maximum Gasteiger partial charge on any atom is 0.339 e. The van der Waals surface area contributed by atoms with Crippen LogP contribution in [0.3, 0.4) is 0 Å². The van der Waals surface area contributed by atoms with Gasteiger partial charge in [-0.15, -0.1) is 0 Å². The van der Waals surface area contributed by atoms with Crippen LogP contribution in [-0.4, -0.2) is 11.8 Å². The first kappa shape index (κ1) is 25.5. The molecular formula is C30H40F4. The zero-order chi connectivity index (χ0) is 24.3. The highest BCUT2D eigenvalue weighted by Crippen LogP contribution is 2.52. The van der Waals surface area contributed by atoms with Crippen molar-refractivity contribution in [2.75, 3.05) is 0 Å². The van der Waals surface area contributed by atoms with Crippen molar-refractivity contribution in [1.82, 2.24) is 0 Å². The fraction of sp³-hybridized carbons (Fsp3) is 0.667. The monoisotopic (exact) mass is 476 g/mol. The molecule has 4 rings (SSSR count). The van der Waals surface area contributed by atoms with Crippen LogP contribution in [0.5, 0.6) is 0 Å². The SMILES string of the molecule is CCCC1=CC=C(c2ccc(C3CCC(C4CCC(CCC)CC4)CC3)cc2)C(F)(F)C1(F)F. The first-order valence-corrected chi connectivity index (χ1v) is 13.6. The number of rotatable bonds is 7. The Kier molecular flexibility index (Phi) is 7.94. The van der Waals surface area contributed by atoms with Gasteiger partial charge in [-0.1, -0.05) is 82.4 Å². The molecule has 0 N–H and O–H groups in total. The largest absolute Gasteiger partial charge is 0.339 e. The van der Waals surface area contributed by atoms with Gasteiger partial charge < -0.3 is 0 Å². The zero-order valence-corrected chi connectivity index (χ0v) is 20.8. The Morgan fingerprint density at radius 1 is 0.706 bits per heavy atom. The van der Waals surface area contributed by atoms with E-state index in [1.165, 1.54) is 63.5 Å². The summed E-state index contributed by atoms with van der Waals surface area (Å²) in [7, 11) is 0. The average molecular weight is 477 g/mol. The number of alkyl halides is 4. The van der Waals surface area contributed by atoms with Gasteiger partial charge in [0.1, 0.15) is 0 Å². The van der Waals surface area contributed by atoms with Gasteiger partial charge in [-0.25, -0.2) is 0 Å². The molecule has 0 unspecified atom stereocenters. The highest BCUT2D eigenvalue weighted by atomic mass is 19.3. The summed E-state index contributed by atoms with van der Waals surface area (Å²) in [6.07, 6.45) is 15.8. The second kappa shape index (κ2) is 10.6. The second-order valence-corrected chi connectivity index (χ2v) is 11.0. The third-order valence-electron chi connectivity index (χ3n) is 8.83. The van der Waals surface area contributed by atoms with E-state index in [0.29, 0.717) is 12.3 Å². The molecule has 3 aliphatic rings. The van der Waals surface area contributed by atoms with Gasteiger partial charge in [-0.3, -0.25) is 0 Å². The lowest BCUT2D eigenvalue weighted by molar-refractivity contribution is -0.149. The highest BCUT2D eigenvalue weighted by molar-refractivity contribution is 5.76. The Morgan fingerprint density at radius 3 is 1.85 bits per heavy atom. The van der Waals surface area contributed by atoms with Crippen molar-refractivity contribution in [1.29, 1.82) is 0 Å². The van der Waals surface area contributed by atoms with E-state index in [1.807, 2.05) is 12.1 Å². The maximum absolute atomic E-state index is 14.8. The topological polar surface area (TPSA) is 0 Å². The van der Waals surface area contributed by atoms with E-state index < -0.39 is 23.0 Å². The third kappa shape index (κ3) is 5.02. The molecule has 3 aliphatic carbocycles. The summed E-state index contributed by atoms with van der Waals surface area (Å²) < 4.78 is 58.6. The molecule has 0 spiro atoms. The molecular weight excluding hydrogens is 436 g/mol. The first-order valence-electron chi connectivity index (χ1n) is 13.6. The Morgan fingerprint density at radius 2 is 1.29 bits per heavy atom. The van der Waals surface area contributed by atoms with E-state index in [0.717, 1.165) is 36.2 Å². The van der Waals surface area contributed by atoms with Crippen LogP contribution in [0.25, 0.3) is 5.57 Å². The van der Waals surface area contributed by atoms with Crippen molar-refractivity contribution >= 4 is 5.57 Å². The number of hydrogen-bond donors (Lipinski definition) is 0. The quantitative estimate of drug-likeness (QED) is 0.343. The summed E-state index contributed by atoms with van der Waals surface area (Å²) in [6.45, 7) is 4.01. The molecule has 2 saturated carbocycles. The number of allylic oxidation sites excluding steroid dienone is 4. The van der Waals surface area contributed by atoms with Gasteiger partial charge >= 0.3 is 11.8 Å². The first-order chi connectivity index (χ1) is 16.3. The molecule has 4 heteroatoms. The minimum absolute atomic E-state index is 0.0197. The molecule has 0 aliphatic heterocycles. The summed E-state index contributed by atoms with van der Waals surface area (Å²) in [5.74, 6) is -5.24. The van der Waals surface area contributed by atoms with Crippen molar-refractivity contribution in [3.63, 3.8) is 0 Å². The molecule has 1 aromatic carbocycles. The van der Waals surface area contributed by atoms with Gasteiger partial charge in [0, 0.05) is 11.1 Å². The lowest BCUT2D eigenvalue weighted by atomic mass is 9.68. The zero-order valence-electron chi connectivity index (χ0n) is 20.8. The number of hydrogen-bond acceptors (Lipinski definition) is 0. The lowest BCUT2D eigenvalue weighted by Gasteiger charge is -2.38. The normalized spacial score (nSPS) is 31.0. The molecule has 0 heterocycles. The predicted octanol–water partition coefficient (Wildman–Crippen LogP) is 9.96. The molecule has 188 valence electrons. The molecule has 0 radical (unpaired) electrons. The summed E-state index contributed by atoms with van der Waals surface area (Å²) in [4.78, 5) is 0. The number of benzene rings is 1. The summed E-state index contributed by atoms with van der Waals surface area (Å²) >= 11 is 0. The van der Waals surface area contributed by atoms with Gasteiger partial charge in [0.25, 0.3) is 0 Å². The third-order valence-corrected chi connectivity index (χ3v) is 8.83. The van der Waals surface area contributed by atoms with E-state index in [4.69, 9.17) is 0 Å². The van der Waals surface area contributed by atoms with Crippen molar-refractivity contribution < 1.29 is 17.6 Å². The Bertz CT molecular complexity index is 864. The summed E-state index contributed by atoms with van der Waals surface area (Å²) in [5.41, 5.74) is 0.294. The smallest absolute Gasteiger partial charge is 0.194 e. The van der Waals surface area contributed by atoms with Crippen molar-refractivity contribution in [3.05, 3.63) is 53.1 Å². The lowest BCUT2D eigenvalue weighted by Crippen LogP contribution is -2.44. The van der Waals surface area contributed by atoms with E-state index >= 15 is 0 Å². The molecule has 0 saturated heterocycles. The van der Waals surface area contributed by atoms with Gasteiger partial charge in [0.05, 0.1) is 0 Å². The van der Waals surface area contributed by atoms with Crippen LogP contribution >= 0.6 is 0 Å². The minimum atomic E-state index is -4.19. The average Bonchev–Trinajstić information content (AvgIpc) is 2.84. The van der Waals surface area contributed by atoms with Crippen LogP contribution in [0, 0.1) is 17.8 Å². The Hall–Kier alpha value is -1.58. The van der Waals surface area contributed by atoms with Crippen molar-refractivity contribution in [2.45, 2.75) is 109 Å². The standard InChI is InChI=1S/C30H40F4/c1-3-5-21-7-9-22(10-8-21)23-11-13-24(14-12-23)25-15-17-26(18-16-25)28-20-19-27(6-4-2)29(31,32)30(28,33)34/h15-24H,3-14H2,1-2H3. The van der Waals surface area contributed by atoms with E-state index in [9.17, 15) is 17.6 Å². The Balaban J connectivity index is 1.37. The van der Waals surface area contributed by atoms with Gasteiger partial charge in [-0.05, 0) is 79.7 Å². The van der Waals surface area contributed by atoms with E-state index in [1.54, 1.807) is 19.1 Å². The van der Waals surface area contributed by atoms with E-state index in [-0.39, 0.29) is 12.0 Å². The van der Waals surface area contributed by atoms with Crippen LogP contribution in [0.15, 0.2) is 42.0 Å². The maximum atomic E-state index is 14.8. The van der Waals surface area contributed by atoms with Crippen molar-refractivity contribution in [2.24, 2.45) is 17.8 Å². The summed E-state index contributed by atoms with van der Waals surface area (Å²) in [5, 5.41) is 0. The minimum Gasteiger partial charge on any atom is -0.194 e. The highest BCUT2D eigenvalue weighted by Gasteiger charge is 2.61. The fourth-order valence-electron chi connectivity index (χ4n) is 6.77. The summed E-state index contributed by atoms with van der Waals surface area (Å²) in [6, 6.07) is 7.00. The Labute approximate surface area is 202 Å². The van der Waals surface area contributed by atoms with Crippen LogP contribution in [-0.2, 0) is 0 Å². The molecule has 0 amide bonds. The predicted molar refractivity (Wildman–Crippen MR) is 132 cm³/mol. The van der Waals surface area contributed by atoms with Crippen molar-refractivity contribution in [3.8, 4) is 0 Å². The van der Waals surface area contributed by atoms with Gasteiger partial charge in [0.2, 0.25) is 0 Å². The number of halogens is 4. The van der Waals surface area contributed by atoms with Crippen LogP contribution in [0.2, 0.25) is 0 Å². The molecule has 0 aromatic heterocycles. The van der Waals surface area contributed by atoms with Gasteiger partial charge in [0.15, 0.2) is 0 Å². The van der Waals surface area contributed by atoms with Gasteiger partial charge in [-0.2, -0.15) is 17.6 Å². The molecule has 1 aromatic rings.